The third kappa shape index (κ3) is 3.21. The molecular weight excluding hydrogens is 328 g/mol. The number of urea groups is 1. The predicted molar refractivity (Wildman–Crippen MR) is 98.4 cm³/mol. The number of amides is 2. The predicted octanol–water partition coefficient (Wildman–Crippen LogP) is 2.56. The average Bonchev–Trinajstić information content (AvgIpc) is 3.34. The number of carbonyl (C=O) groups excluding carboxylic acids is 1. The third-order valence-corrected chi connectivity index (χ3v) is 5.82. The lowest BCUT2D eigenvalue weighted by Gasteiger charge is -2.35. The Morgan fingerprint density at radius 2 is 1.96 bits per heavy atom. The molecule has 138 valence electrons. The largest absolute Gasteiger partial charge is 0.385 e. The first kappa shape index (κ1) is 17.1. The average molecular weight is 354 g/mol. The Morgan fingerprint density at radius 1 is 1.27 bits per heavy atom. The van der Waals surface area contributed by atoms with Gasteiger partial charge in [-0.15, -0.1) is 0 Å². The molecule has 2 amide bonds. The van der Waals surface area contributed by atoms with Crippen molar-refractivity contribution in [2.75, 3.05) is 13.1 Å². The molecule has 2 N–H and O–H groups in total. The molecule has 1 atom stereocenters. The van der Waals surface area contributed by atoms with Crippen LogP contribution in [0.4, 0.5) is 4.79 Å². The van der Waals surface area contributed by atoms with E-state index in [0.717, 1.165) is 25.7 Å². The maximum absolute atomic E-state index is 12.7. The van der Waals surface area contributed by atoms with Crippen molar-refractivity contribution in [3.8, 4) is 0 Å². The molecule has 0 radical (unpaired) electrons. The smallest absolute Gasteiger partial charge is 0.318 e. The van der Waals surface area contributed by atoms with Crippen molar-refractivity contribution < 1.29 is 9.90 Å². The van der Waals surface area contributed by atoms with Crippen LogP contribution in [0.15, 0.2) is 42.7 Å². The number of benzene rings is 1. The lowest BCUT2D eigenvalue weighted by atomic mass is 9.91. The van der Waals surface area contributed by atoms with Crippen molar-refractivity contribution in [2.45, 2.75) is 37.3 Å². The molecule has 0 spiro atoms. The zero-order chi connectivity index (χ0) is 18.1. The Morgan fingerprint density at radius 3 is 2.54 bits per heavy atom. The second-order valence-electron chi connectivity index (χ2n) is 7.54. The number of aliphatic hydroxyl groups excluding tert-OH is 1. The van der Waals surface area contributed by atoms with Crippen LogP contribution in [-0.2, 0) is 12.6 Å². The molecule has 2 fully saturated rings. The van der Waals surface area contributed by atoms with Crippen LogP contribution in [0.5, 0.6) is 0 Å². The quantitative estimate of drug-likeness (QED) is 0.886. The Bertz CT molecular complexity index is 761. The number of hydrogen-bond donors (Lipinski definition) is 2. The van der Waals surface area contributed by atoms with Crippen LogP contribution in [0.25, 0.3) is 0 Å². The van der Waals surface area contributed by atoms with Crippen molar-refractivity contribution in [1.82, 2.24) is 19.8 Å². The molecule has 1 aromatic carbocycles. The first-order chi connectivity index (χ1) is 12.6. The molecule has 4 rings (SSSR count). The van der Waals surface area contributed by atoms with E-state index in [1.54, 1.807) is 6.20 Å². The fraction of sp³-hybridized carbons (Fsp3) is 0.500. The maximum atomic E-state index is 12.7. The Hall–Kier alpha value is -2.34. The monoisotopic (exact) mass is 354 g/mol. The highest BCUT2D eigenvalue weighted by Crippen LogP contribution is 2.45. The minimum absolute atomic E-state index is 0.0104. The fourth-order valence-electron chi connectivity index (χ4n) is 3.94. The van der Waals surface area contributed by atoms with Crippen LogP contribution in [0.3, 0.4) is 0 Å². The summed E-state index contributed by atoms with van der Waals surface area (Å²) in [5.41, 5.74) is 1.01. The molecule has 2 aliphatic rings. The number of aromatic nitrogens is 2. The SMILES string of the molecule is Cn1ccnc1C(O)C1CCN(C(=O)NC2(c3ccccc3)CC2)CC1. The highest BCUT2D eigenvalue weighted by molar-refractivity contribution is 5.76. The molecule has 1 aliphatic heterocycles. The molecule has 6 nitrogen and oxygen atoms in total. The summed E-state index contributed by atoms with van der Waals surface area (Å²) in [5.74, 6) is 0.845. The van der Waals surface area contributed by atoms with Crippen molar-refractivity contribution in [3.63, 3.8) is 0 Å². The lowest BCUT2D eigenvalue weighted by Crippen LogP contribution is -2.48. The molecule has 1 aromatic heterocycles. The number of hydrogen-bond acceptors (Lipinski definition) is 3. The van der Waals surface area contributed by atoms with Gasteiger partial charge in [0.2, 0.25) is 0 Å². The van der Waals surface area contributed by atoms with E-state index in [2.05, 4.69) is 22.4 Å². The summed E-state index contributed by atoms with van der Waals surface area (Å²) in [4.78, 5) is 18.9. The molecule has 1 unspecified atom stereocenters. The van der Waals surface area contributed by atoms with Crippen LogP contribution in [0.2, 0.25) is 0 Å². The molecule has 0 bridgehead atoms. The van der Waals surface area contributed by atoms with E-state index in [1.807, 2.05) is 40.9 Å². The van der Waals surface area contributed by atoms with Crippen molar-refractivity contribution in [2.24, 2.45) is 13.0 Å². The second kappa shape index (κ2) is 6.76. The normalized spacial score (nSPS) is 20.6. The van der Waals surface area contributed by atoms with Crippen LogP contribution < -0.4 is 5.32 Å². The van der Waals surface area contributed by atoms with Gasteiger partial charge in [0.15, 0.2) is 0 Å². The van der Waals surface area contributed by atoms with E-state index in [4.69, 9.17) is 0 Å². The van der Waals surface area contributed by atoms with Crippen molar-refractivity contribution in [3.05, 3.63) is 54.1 Å². The van der Waals surface area contributed by atoms with E-state index in [1.165, 1.54) is 5.56 Å². The summed E-state index contributed by atoms with van der Waals surface area (Å²) < 4.78 is 1.86. The Balaban J connectivity index is 1.34. The zero-order valence-electron chi connectivity index (χ0n) is 15.1. The number of carbonyl (C=O) groups is 1. The Labute approximate surface area is 153 Å². The number of likely N-dealkylation sites (tertiary alicyclic amines) is 1. The molecule has 1 saturated heterocycles. The van der Waals surface area contributed by atoms with Gasteiger partial charge in [-0.1, -0.05) is 30.3 Å². The zero-order valence-corrected chi connectivity index (χ0v) is 15.1. The van der Waals surface area contributed by atoms with Crippen LogP contribution >= 0.6 is 0 Å². The Kier molecular flexibility index (Phi) is 4.44. The number of nitrogens with one attached hydrogen (secondary N) is 1. The van der Waals surface area contributed by atoms with Gasteiger partial charge in [-0.2, -0.15) is 0 Å². The minimum atomic E-state index is -0.570. The van der Waals surface area contributed by atoms with Gasteiger partial charge in [0.1, 0.15) is 11.9 Å². The van der Waals surface area contributed by atoms with Gasteiger partial charge in [0.25, 0.3) is 0 Å². The molecular formula is C20H26N4O2. The number of piperidine rings is 1. The van der Waals surface area contributed by atoms with Crippen LogP contribution in [0.1, 0.15) is 43.2 Å². The van der Waals surface area contributed by atoms with Gasteiger partial charge >= 0.3 is 6.03 Å². The molecule has 2 heterocycles. The van der Waals surface area contributed by atoms with Gasteiger partial charge in [0, 0.05) is 32.5 Å². The van der Waals surface area contributed by atoms with Gasteiger partial charge < -0.3 is 19.9 Å². The first-order valence-electron chi connectivity index (χ1n) is 9.37. The van der Waals surface area contributed by atoms with Crippen LogP contribution in [-0.4, -0.2) is 38.7 Å². The van der Waals surface area contributed by atoms with Gasteiger partial charge in [-0.05, 0) is 37.2 Å². The summed E-state index contributed by atoms with van der Waals surface area (Å²) in [6.45, 7) is 1.34. The van der Waals surface area contributed by atoms with Crippen LogP contribution in [0, 0.1) is 5.92 Å². The van der Waals surface area contributed by atoms with E-state index in [-0.39, 0.29) is 17.5 Å². The lowest BCUT2D eigenvalue weighted by molar-refractivity contribution is 0.0579. The molecule has 1 saturated carbocycles. The van der Waals surface area contributed by atoms with Gasteiger partial charge in [-0.3, -0.25) is 0 Å². The van der Waals surface area contributed by atoms with Gasteiger partial charge in [-0.25, -0.2) is 9.78 Å². The van der Waals surface area contributed by atoms with Gasteiger partial charge in [0.05, 0.1) is 5.54 Å². The second-order valence-corrected chi connectivity index (χ2v) is 7.54. The summed E-state index contributed by atoms with van der Waals surface area (Å²) in [5, 5.41) is 13.8. The minimum Gasteiger partial charge on any atom is -0.385 e. The third-order valence-electron chi connectivity index (χ3n) is 5.82. The van der Waals surface area contributed by atoms with E-state index >= 15 is 0 Å². The van der Waals surface area contributed by atoms with E-state index < -0.39 is 6.10 Å². The van der Waals surface area contributed by atoms with Crippen molar-refractivity contribution >= 4 is 6.03 Å². The topological polar surface area (TPSA) is 70.4 Å². The summed E-state index contributed by atoms with van der Waals surface area (Å²) >= 11 is 0. The highest BCUT2D eigenvalue weighted by atomic mass is 16.3. The van der Waals surface area contributed by atoms with Crippen molar-refractivity contribution in [1.29, 1.82) is 0 Å². The standard InChI is InChI=1S/C20H26N4O2/c1-23-14-11-21-18(23)17(25)15-7-12-24(13-8-15)19(26)22-20(9-10-20)16-5-3-2-4-6-16/h2-6,11,14-15,17,25H,7-10,12-13H2,1H3,(H,22,26). The number of aryl methyl sites for hydroxylation is 1. The maximum Gasteiger partial charge on any atom is 0.318 e. The number of nitrogens with zero attached hydrogens (tertiary/aromatic N) is 3. The number of aliphatic hydroxyl groups is 1. The fourth-order valence-corrected chi connectivity index (χ4v) is 3.94. The molecule has 6 heteroatoms. The van der Waals surface area contributed by atoms with E-state index in [9.17, 15) is 9.90 Å². The highest BCUT2D eigenvalue weighted by Gasteiger charge is 2.46. The molecule has 2 aromatic rings. The first-order valence-corrected chi connectivity index (χ1v) is 9.37. The summed E-state index contributed by atoms with van der Waals surface area (Å²) in [7, 11) is 1.90. The number of rotatable bonds is 4. The molecule has 1 aliphatic carbocycles. The molecule has 26 heavy (non-hydrogen) atoms. The summed E-state index contributed by atoms with van der Waals surface area (Å²) in [6.07, 6.45) is 6.56. The van der Waals surface area contributed by atoms with E-state index in [0.29, 0.717) is 18.9 Å². The summed E-state index contributed by atoms with van der Waals surface area (Å²) in [6, 6.07) is 10.2. The number of imidazole rings is 1.